The Kier molecular flexibility index (Phi) is 6.42. The zero-order chi connectivity index (χ0) is 18.2. The molecular weight excluding hydrogens is 334 g/mol. The number of aryl methyl sites for hydroxylation is 2. The van der Waals surface area contributed by atoms with Crippen LogP contribution >= 0.6 is 12.2 Å². The quantitative estimate of drug-likeness (QED) is 0.451. The highest BCUT2D eigenvalue weighted by Crippen LogP contribution is 2.04. The van der Waals surface area contributed by atoms with Crippen molar-refractivity contribution in [3.63, 3.8) is 0 Å². The molecule has 0 spiro atoms. The van der Waals surface area contributed by atoms with Crippen molar-refractivity contribution in [2.24, 2.45) is 0 Å². The van der Waals surface area contributed by atoms with Gasteiger partial charge in [0, 0.05) is 11.6 Å². The lowest BCUT2D eigenvalue weighted by Crippen LogP contribution is -2.48. The maximum Gasteiger partial charge on any atom is 0.269 e. The Hall–Kier alpha value is -2.99. The highest BCUT2D eigenvalue weighted by atomic mass is 32.1. The largest absolute Gasteiger partial charge is 0.298 e. The minimum Gasteiger partial charge on any atom is -0.298 e. The van der Waals surface area contributed by atoms with Crippen LogP contribution in [-0.4, -0.2) is 16.9 Å². The zero-order valence-electron chi connectivity index (χ0n) is 14.0. The molecule has 0 radical (unpaired) electrons. The van der Waals surface area contributed by atoms with E-state index in [1.165, 1.54) is 6.08 Å². The third-order valence-corrected chi connectivity index (χ3v) is 3.55. The first-order chi connectivity index (χ1) is 11.9. The Labute approximate surface area is 152 Å². The number of hydrogen-bond acceptors (Lipinski definition) is 3. The van der Waals surface area contributed by atoms with Gasteiger partial charge in [-0.25, -0.2) is 0 Å². The van der Waals surface area contributed by atoms with E-state index in [2.05, 4.69) is 16.2 Å². The third-order valence-electron chi connectivity index (χ3n) is 3.34. The van der Waals surface area contributed by atoms with Crippen molar-refractivity contribution in [1.82, 2.24) is 16.2 Å². The fourth-order valence-corrected chi connectivity index (χ4v) is 2.08. The average molecular weight is 353 g/mol. The van der Waals surface area contributed by atoms with E-state index in [0.717, 1.165) is 16.7 Å². The maximum atomic E-state index is 11.9. The summed E-state index contributed by atoms with van der Waals surface area (Å²) in [6, 6.07) is 14.8. The van der Waals surface area contributed by atoms with Crippen molar-refractivity contribution < 1.29 is 9.59 Å². The molecule has 0 unspecified atom stereocenters. The smallest absolute Gasteiger partial charge is 0.269 e. The number of rotatable bonds is 3. The summed E-state index contributed by atoms with van der Waals surface area (Å²) in [5.74, 6) is -0.727. The summed E-state index contributed by atoms with van der Waals surface area (Å²) in [5.41, 5.74) is 8.55. The molecule has 0 atom stereocenters. The van der Waals surface area contributed by atoms with Crippen LogP contribution in [0.25, 0.3) is 6.08 Å². The normalized spacial score (nSPS) is 10.3. The Bertz CT molecular complexity index is 796. The van der Waals surface area contributed by atoms with Crippen LogP contribution in [0.2, 0.25) is 0 Å². The minimum absolute atomic E-state index is 0.0130. The van der Waals surface area contributed by atoms with Crippen LogP contribution in [0.1, 0.15) is 27.0 Å². The van der Waals surface area contributed by atoms with Gasteiger partial charge in [-0.1, -0.05) is 47.5 Å². The number of benzene rings is 2. The van der Waals surface area contributed by atoms with Crippen molar-refractivity contribution >= 4 is 35.2 Å². The van der Waals surface area contributed by atoms with E-state index in [1.807, 2.05) is 50.2 Å². The Morgan fingerprint density at radius 2 is 1.44 bits per heavy atom. The van der Waals surface area contributed by atoms with Gasteiger partial charge in [0.05, 0.1) is 0 Å². The second kappa shape index (κ2) is 8.75. The van der Waals surface area contributed by atoms with Crippen LogP contribution < -0.4 is 16.2 Å². The average Bonchev–Trinajstić information content (AvgIpc) is 2.60. The van der Waals surface area contributed by atoms with E-state index in [4.69, 9.17) is 12.2 Å². The van der Waals surface area contributed by atoms with E-state index < -0.39 is 0 Å². The van der Waals surface area contributed by atoms with E-state index in [0.29, 0.717) is 5.56 Å². The SMILES string of the molecule is Cc1ccc(C=CC(=O)NC(=S)NNC(=O)c2ccc(C)cc2)cc1. The van der Waals surface area contributed by atoms with Crippen LogP contribution in [0.4, 0.5) is 0 Å². The van der Waals surface area contributed by atoms with Crippen LogP contribution in [-0.2, 0) is 4.79 Å². The molecule has 128 valence electrons. The number of hydrazine groups is 1. The Morgan fingerprint density at radius 1 is 0.880 bits per heavy atom. The lowest BCUT2D eigenvalue weighted by Gasteiger charge is -2.09. The number of carbonyl (C=O) groups excluding carboxylic acids is 2. The molecule has 0 aromatic heterocycles. The van der Waals surface area contributed by atoms with Gasteiger partial charge >= 0.3 is 0 Å². The molecule has 0 aliphatic heterocycles. The minimum atomic E-state index is -0.386. The maximum absolute atomic E-state index is 11.9. The standard InChI is InChI=1S/C19H19N3O2S/c1-13-3-7-15(8-4-13)9-12-17(23)20-19(25)22-21-18(24)16-10-5-14(2)6-11-16/h3-12H,1-2H3,(H,21,24)(H2,20,22,23,25). The second-order valence-electron chi connectivity index (χ2n) is 5.51. The number of hydrogen-bond donors (Lipinski definition) is 3. The molecule has 0 aliphatic rings. The highest BCUT2D eigenvalue weighted by molar-refractivity contribution is 7.80. The van der Waals surface area contributed by atoms with Crippen LogP contribution in [0, 0.1) is 13.8 Å². The van der Waals surface area contributed by atoms with Gasteiger partial charge in [-0.05, 0) is 49.8 Å². The first kappa shape index (κ1) is 18.4. The van der Waals surface area contributed by atoms with Crippen LogP contribution in [0.15, 0.2) is 54.6 Å². The van der Waals surface area contributed by atoms with Crippen molar-refractivity contribution in [3.8, 4) is 0 Å². The van der Waals surface area contributed by atoms with Gasteiger partial charge in [0.15, 0.2) is 5.11 Å². The summed E-state index contributed by atoms with van der Waals surface area (Å²) in [7, 11) is 0. The van der Waals surface area contributed by atoms with E-state index in [1.54, 1.807) is 18.2 Å². The topological polar surface area (TPSA) is 70.2 Å². The van der Waals surface area contributed by atoms with Gasteiger partial charge < -0.3 is 0 Å². The number of carbonyl (C=O) groups is 2. The molecule has 0 bridgehead atoms. The molecular formula is C19H19N3O2S. The lowest BCUT2D eigenvalue weighted by molar-refractivity contribution is -0.115. The predicted molar refractivity (Wildman–Crippen MR) is 103 cm³/mol. The molecule has 6 heteroatoms. The Morgan fingerprint density at radius 3 is 2.04 bits per heavy atom. The van der Waals surface area contributed by atoms with Crippen molar-refractivity contribution in [3.05, 3.63) is 76.9 Å². The van der Waals surface area contributed by atoms with Gasteiger partial charge in [-0.3, -0.25) is 25.8 Å². The van der Waals surface area contributed by atoms with Gasteiger partial charge in [0.2, 0.25) is 5.91 Å². The summed E-state index contributed by atoms with van der Waals surface area (Å²) in [6.45, 7) is 3.93. The summed E-state index contributed by atoms with van der Waals surface area (Å²) >= 11 is 4.98. The molecule has 0 fully saturated rings. The lowest BCUT2D eigenvalue weighted by atomic mass is 10.1. The molecule has 0 aliphatic carbocycles. The summed E-state index contributed by atoms with van der Waals surface area (Å²) < 4.78 is 0. The zero-order valence-corrected chi connectivity index (χ0v) is 14.8. The van der Waals surface area contributed by atoms with Gasteiger partial charge in [-0.2, -0.15) is 0 Å². The highest BCUT2D eigenvalue weighted by Gasteiger charge is 2.06. The molecule has 5 nitrogen and oxygen atoms in total. The fraction of sp³-hybridized carbons (Fsp3) is 0.105. The second-order valence-corrected chi connectivity index (χ2v) is 5.92. The molecule has 0 saturated heterocycles. The number of nitrogens with one attached hydrogen (secondary N) is 3. The van der Waals surface area contributed by atoms with Crippen LogP contribution in [0.3, 0.4) is 0 Å². The van der Waals surface area contributed by atoms with Crippen molar-refractivity contribution in [2.75, 3.05) is 0 Å². The number of amides is 2. The van der Waals surface area contributed by atoms with Gasteiger partial charge in [0.1, 0.15) is 0 Å². The molecule has 2 amide bonds. The molecule has 0 saturated carbocycles. The first-order valence-corrected chi connectivity index (χ1v) is 8.07. The summed E-state index contributed by atoms with van der Waals surface area (Å²) in [6.07, 6.45) is 3.06. The van der Waals surface area contributed by atoms with Gasteiger partial charge in [0.25, 0.3) is 5.91 Å². The molecule has 0 heterocycles. The third kappa shape index (κ3) is 6.19. The molecule has 2 rings (SSSR count). The Balaban J connectivity index is 1.79. The molecule has 2 aromatic rings. The molecule has 25 heavy (non-hydrogen) atoms. The van der Waals surface area contributed by atoms with E-state index in [-0.39, 0.29) is 16.9 Å². The number of thiocarbonyl (C=S) groups is 1. The molecule has 3 N–H and O–H groups in total. The van der Waals surface area contributed by atoms with Crippen molar-refractivity contribution in [1.29, 1.82) is 0 Å². The molecule has 2 aromatic carbocycles. The van der Waals surface area contributed by atoms with E-state index >= 15 is 0 Å². The van der Waals surface area contributed by atoms with Crippen molar-refractivity contribution in [2.45, 2.75) is 13.8 Å². The monoisotopic (exact) mass is 353 g/mol. The van der Waals surface area contributed by atoms with E-state index in [9.17, 15) is 9.59 Å². The van der Waals surface area contributed by atoms with Crippen LogP contribution in [0.5, 0.6) is 0 Å². The first-order valence-electron chi connectivity index (χ1n) is 7.67. The summed E-state index contributed by atoms with van der Waals surface area (Å²) in [4.78, 5) is 23.7. The summed E-state index contributed by atoms with van der Waals surface area (Å²) in [5, 5.41) is 2.47. The van der Waals surface area contributed by atoms with Gasteiger partial charge in [-0.15, -0.1) is 0 Å². The fourth-order valence-electron chi connectivity index (χ4n) is 1.92. The predicted octanol–water partition coefficient (Wildman–Crippen LogP) is 2.65.